The average Bonchev–Trinajstić information content (AvgIpc) is 2.86. The summed E-state index contributed by atoms with van der Waals surface area (Å²) in [6, 6.07) is 7.35. The first-order valence-corrected chi connectivity index (χ1v) is 7.38. The van der Waals surface area contributed by atoms with Crippen molar-refractivity contribution in [1.82, 2.24) is 0 Å². The third-order valence-electron chi connectivity index (χ3n) is 4.71. The van der Waals surface area contributed by atoms with E-state index >= 15 is 0 Å². The number of hydrogen-bond acceptors (Lipinski definition) is 4. The van der Waals surface area contributed by atoms with Crippen LogP contribution in [0.4, 0.5) is 0 Å². The molecule has 0 spiro atoms. The summed E-state index contributed by atoms with van der Waals surface area (Å²) in [6.07, 6.45) is 1.50. The molecule has 3 atom stereocenters. The van der Waals surface area contributed by atoms with Crippen molar-refractivity contribution in [2.75, 3.05) is 0 Å². The molecule has 0 amide bonds. The Balaban J connectivity index is 2.12. The van der Waals surface area contributed by atoms with Crippen LogP contribution in [-0.4, -0.2) is 22.6 Å². The molecule has 2 aliphatic rings. The molecule has 3 rings (SSSR count). The largest absolute Gasteiger partial charge is 0.485 e. The van der Waals surface area contributed by atoms with E-state index < -0.39 is 11.7 Å². The van der Waals surface area contributed by atoms with E-state index in [4.69, 9.17) is 10.00 Å². The minimum absolute atomic E-state index is 0.170. The lowest BCUT2D eigenvalue weighted by atomic mass is 9.73. The molecule has 1 saturated carbocycles. The van der Waals surface area contributed by atoms with Gasteiger partial charge >= 0.3 is 0 Å². The molecule has 0 radical (unpaired) electrons. The monoisotopic (exact) mass is 285 g/mol. The third kappa shape index (κ3) is 2.22. The molecule has 4 heteroatoms. The van der Waals surface area contributed by atoms with E-state index in [1.54, 1.807) is 18.2 Å². The fourth-order valence-electron chi connectivity index (χ4n) is 3.58. The number of aliphatic hydroxyl groups is 1. The molecule has 4 nitrogen and oxygen atoms in total. The average molecular weight is 285 g/mol. The highest BCUT2D eigenvalue weighted by atomic mass is 16.5. The van der Waals surface area contributed by atoms with Crippen LogP contribution in [-0.2, 0) is 4.79 Å². The van der Waals surface area contributed by atoms with Gasteiger partial charge in [-0.25, -0.2) is 0 Å². The zero-order valence-electron chi connectivity index (χ0n) is 12.3. The molecule has 1 aliphatic heterocycles. The number of nitrogens with zero attached hydrogens (tertiary/aromatic N) is 1. The molecule has 0 bridgehead atoms. The number of ketones is 1. The molecular weight excluding hydrogens is 266 g/mol. The molecule has 1 N–H and O–H groups in total. The van der Waals surface area contributed by atoms with E-state index in [9.17, 15) is 9.90 Å². The Hall–Kier alpha value is -1.86. The van der Waals surface area contributed by atoms with Gasteiger partial charge in [-0.1, -0.05) is 0 Å². The summed E-state index contributed by atoms with van der Waals surface area (Å²) in [7, 11) is 0. The van der Waals surface area contributed by atoms with Gasteiger partial charge in [-0.3, -0.25) is 4.79 Å². The number of aliphatic hydroxyl groups excluding tert-OH is 1. The molecule has 110 valence electrons. The van der Waals surface area contributed by atoms with E-state index in [0.717, 1.165) is 18.4 Å². The zero-order valence-corrected chi connectivity index (χ0v) is 12.3. The Kier molecular flexibility index (Phi) is 3.26. The van der Waals surface area contributed by atoms with E-state index in [1.165, 1.54) is 0 Å². The Morgan fingerprint density at radius 2 is 2.19 bits per heavy atom. The van der Waals surface area contributed by atoms with Crippen LogP contribution in [0.15, 0.2) is 18.2 Å². The maximum atomic E-state index is 12.2. The summed E-state index contributed by atoms with van der Waals surface area (Å²) >= 11 is 0. The van der Waals surface area contributed by atoms with Gasteiger partial charge < -0.3 is 9.84 Å². The van der Waals surface area contributed by atoms with Crippen molar-refractivity contribution in [2.45, 2.75) is 50.7 Å². The second kappa shape index (κ2) is 4.85. The minimum atomic E-state index is -0.758. The van der Waals surface area contributed by atoms with Gasteiger partial charge in [0, 0.05) is 23.8 Å². The standard InChI is InChI=1S/C17H19NO3/c1-17(2)16(20)15(11-4-3-5-13(11)19)12-8-10(9-18)6-7-14(12)21-17/h6-8,11,15-16,20H,3-5H2,1-2H3/t11?,15-,16+/m0/s1. The van der Waals surface area contributed by atoms with Crippen LogP contribution in [0, 0.1) is 17.2 Å². The van der Waals surface area contributed by atoms with Gasteiger partial charge in [0.25, 0.3) is 0 Å². The van der Waals surface area contributed by atoms with Gasteiger partial charge in [-0.2, -0.15) is 5.26 Å². The first kappa shape index (κ1) is 14.1. The Labute approximate surface area is 124 Å². The number of hydrogen-bond donors (Lipinski definition) is 1. The Morgan fingerprint density at radius 1 is 1.43 bits per heavy atom. The molecule has 1 aromatic carbocycles. The molecule has 1 unspecified atom stereocenters. The Morgan fingerprint density at radius 3 is 2.81 bits per heavy atom. The predicted molar refractivity (Wildman–Crippen MR) is 77.0 cm³/mol. The topological polar surface area (TPSA) is 70.3 Å². The van der Waals surface area contributed by atoms with Crippen LogP contribution in [0.5, 0.6) is 5.75 Å². The van der Waals surface area contributed by atoms with Crippen molar-refractivity contribution in [1.29, 1.82) is 5.26 Å². The van der Waals surface area contributed by atoms with Crippen molar-refractivity contribution >= 4 is 5.78 Å². The predicted octanol–water partition coefficient (Wildman–Crippen LogP) is 2.54. The normalized spacial score (nSPS) is 30.4. The second-order valence-electron chi connectivity index (χ2n) is 6.51. The lowest BCUT2D eigenvalue weighted by Gasteiger charge is -2.44. The molecule has 1 aliphatic carbocycles. The van der Waals surface area contributed by atoms with Crippen molar-refractivity contribution in [2.24, 2.45) is 5.92 Å². The fourth-order valence-corrected chi connectivity index (χ4v) is 3.58. The SMILES string of the molecule is CC1(C)Oc2ccc(C#N)cc2[C@H](C2CCCC2=O)[C@H]1O. The molecule has 21 heavy (non-hydrogen) atoms. The van der Waals surface area contributed by atoms with Crippen LogP contribution in [0.3, 0.4) is 0 Å². The summed E-state index contributed by atoms with van der Waals surface area (Å²) in [5.74, 6) is 0.432. The number of Topliss-reactive ketones (excluding diaryl/α,β-unsaturated/α-hetero) is 1. The summed E-state index contributed by atoms with van der Waals surface area (Å²) in [5, 5.41) is 19.8. The van der Waals surface area contributed by atoms with Crippen molar-refractivity contribution in [3.8, 4) is 11.8 Å². The first-order chi connectivity index (χ1) is 9.94. The quantitative estimate of drug-likeness (QED) is 0.860. The van der Waals surface area contributed by atoms with Crippen LogP contribution >= 0.6 is 0 Å². The third-order valence-corrected chi connectivity index (χ3v) is 4.71. The molecule has 0 aromatic heterocycles. The van der Waals surface area contributed by atoms with E-state index in [0.29, 0.717) is 17.7 Å². The number of carbonyl (C=O) groups excluding carboxylic acids is 1. The van der Waals surface area contributed by atoms with Crippen molar-refractivity contribution in [3.63, 3.8) is 0 Å². The number of benzene rings is 1. The maximum absolute atomic E-state index is 12.2. The number of ether oxygens (including phenoxy) is 1. The van der Waals surface area contributed by atoms with E-state index in [1.807, 2.05) is 13.8 Å². The lowest BCUT2D eigenvalue weighted by Crippen LogP contribution is -2.51. The number of nitriles is 1. The minimum Gasteiger partial charge on any atom is -0.485 e. The van der Waals surface area contributed by atoms with Gasteiger partial charge in [0.05, 0.1) is 11.6 Å². The fraction of sp³-hybridized carbons (Fsp3) is 0.529. The van der Waals surface area contributed by atoms with Crippen molar-refractivity contribution < 1.29 is 14.6 Å². The summed E-state index contributed by atoms with van der Waals surface area (Å²) in [5.41, 5.74) is 0.579. The lowest BCUT2D eigenvalue weighted by molar-refractivity contribution is -0.125. The summed E-state index contributed by atoms with van der Waals surface area (Å²) in [6.45, 7) is 3.68. The summed E-state index contributed by atoms with van der Waals surface area (Å²) in [4.78, 5) is 12.2. The van der Waals surface area contributed by atoms with E-state index in [-0.39, 0.29) is 17.6 Å². The number of carbonyl (C=O) groups is 1. The van der Waals surface area contributed by atoms with Gasteiger partial charge in [0.15, 0.2) is 0 Å². The smallest absolute Gasteiger partial charge is 0.136 e. The van der Waals surface area contributed by atoms with Gasteiger partial charge in [-0.15, -0.1) is 0 Å². The Bertz CT molecular complexity index is 629. The highest BCUT2D eigenvalue weighted by molar-refractivity contribution is 5.84. The van der Waals surface area contributed by atoms with Gasteiger partial charge in [-0.05, 0) is 44.9 Å². The van der Waals surface area contributed by atoms with Gasteiger partial charge in [0.1, 0.15) is 23.2 Å². The molecule has 1 aromatic rings. The highest BCUT2D eigenvalue weighted by Gasteiger charge is 2.48. The first-order valence-electron chi connectivity index (χ1n) is 7.38. The summed E-state index contributed by atoms with van der Waals surface area (Å²) < 4.78 is 5.89. The molecule has 1 fully saturated rings. The van der Waals surface area contributed by atoms with E-state index in [2.05, 4.69) is 6.07 Å². The van der Waals surface area contributed by atoms with Gasteiger partial charge in [0.2, 0.25) is 0 Å². The van der Waals surface area contributed by atoms with Crippen LogP contribution in [0.2, 0.25) is 0 Å². The van der Waals surface area contributed by atoms with Crippen LogP contribution < -0.4 is 4.74 Å². The molecular formula is C17H19NO3. The molecule has 1 heterocycles. The second-order valence-corrected chi connectivity index (χ2v) is 6.51. The zero-order chi connectivity index (χ0) is 15.2. The number of rotatable bonds is 1. The van der Waals surface area contributed by atoms with Crippen LogP contribution in [0.25, 0.3) is 0 Å². The highest BCUT2D eigenvalue weighted by Crippen LogP contribution is 2.48. The van der Waals surface area contributed by atoms with Crippen LogP contribution in [0.1, 0.15) is 50.2 Å². The van der Waals surface area contributed by atoms with Crippen molar-refractivity contribution in [3.05, 3.63) is 29.3 Å². The number of fused-ring (bicyclic) bond motifs is 1. The maximum Gasteiger partial charge on any atom is 0.136 e. The molecule has 0 saturated heterocycles.